The summed E-state index contributed by atoms with van der Waals surface area (Å²) in [5, 5.41) is 13.1. The minimum Gasteiger partial charge on any atom is -0.302 e. The molecule has 0 aliphatic heterocycles. The topological polar surface area (TPSA) is 35.8 Å². The van der Waals surface area contributed by atoms with Crippen molar-refractivity contribution in [1.82, 2.24) is 5.32 Å². The summed E-state index contributed by atoms with van der Waals surface area (Å²) >= 11 is 1.93. The second kappa shape index (κ2) is 5.77. The molecule has 0 radical (unpaired) electrons. The number of nitrogens with zero attached hydrogens (tertiary/aromatic N) is 1. The van der Waals surface area contributed by atoms with E-state index in [-0.39, 0.29) is 5.54 Å². The lowest BCUT2D eigenvalue weighted by molar-refractivity contribution is 0.323. The van der Waals surface area contributed by atoms with Crippen molar-refractivity contribution >= 4 is 11.8 Å². The molecule has 0 bridgehead atoms. The minimum absolute atomic E-state index is 0.307. The lowest BCUT2D eigenvalue weighted by Gasteiger charge is -2.35. The van der Waals surface area contributed by atoms with E-state index in [4.69, 9.17) is 0 Å². The summed E-state index contributed by atoms with van der Waals surface area (Å²) in [6.07, 6.45) is 4.27. The fraction of sp³-hybridized carbons (Fsp3) is 0.533. The molecule has 1 aliphatic rings. The zero-order chi connectivity index (χ0) is 13.0. The smallest absolute Gasteiger partial charge is 0.107 e. The van der Waals surface area contributed by atoms with Crippen LogP contribution in [0.5, 0.6) is 0 Å². The van der Waals surface area contributed by atoms with Gasteiger partial charge < -0.3 is 5.32 Å². The largest absolute Gasteiger partial charge is 0.302 e. The third kappa shape index (κ3) is 2.88. The molecule has 2 nitrogen and oxygen atoms in total. The Morgan fingerprint density at radius 3 is 2.89 bits per heavy atom. The van der Waals surface area contributed by atoms with Gasteiger partial charge in [0, 0.05) is 10.1 Å². The maximum absolute atomic E-state index is 9.36. The van der Waals surface area contributed by atoms with Gasteiger partial charge in [0.1, 0.15) is 5.54 Å². The first-order chi connectivity index (χ1) is 8.69. The Hall–Kier alpha value is -0.980. The lowest BCUT2D eigenvalue weighted by Crippen LogP contribution is -2.46. The van der Waals surface area contributed by atoms with Crippen LogP contribution in [0.25, 0.3) is 0 Å². The molecule has 0 spiro atoms. The first-order valence-electron chi connectivity index (χ1n) is 6.51. The summed E-state index contributed by atoms with van der Waals surface area (Å²) in [5.41, 5.74) is 1.03. The fourth-order valence-electron chi connectivity index (χ4n) is 2.58. The predicted molar refractivity (Wildman–Crippen MR) is 76.7 cm³/mol. The van der Waals surface area contributed by atoms with Crippen molar-refractivity contribution < 1.29 is 0 Å². The Balaban J connectivity index is 2.07. The summed E-state index contributed by atoms with van der Waals surface area (Å²) in [5.74, 6) is 0. The van der Waals surface area contributed by atoms with E-state index in [1.165, 1.54) is 16.9 Å². The van der Waals surface area contributed by atoms with Gasteiger partial charge in [0.05, 0.1) is 6.07 Å². The molecule has 2 unspecified atom stereocenters. The highest BCUT2D eigenvalue weighted by Crippen LogP contribution is 2.38. The molecule has 1 aromatic rings. The Bertz CT molecular complexity index is 452. The summed E-state index contributed by atoms with van der Waals surface area (Å²) < 4.78 is 0. The van der Waals surface area contributed by atoms with Crippen molar-refractivity contribution in [1.29, 1.82) is 5.26 Å². The lowest BCUT2D eigenvalue weighted by atomic mass is 9.83. The van der Waals surface area contributed by atoms with Crippen LogP contribution in [0.15, 0.2) is 29.2 Å². The molecule has 1 N–H and O–H groups in total. The first-order valence-corrected chi connectivity index (χ1v) is 7.39. The van der Waals surface area contributed by atoms with Gasteiger partial charge in [-0.15, -0.1) is 11.8 Å². The number of thioether (sulfide) groups is 1. The Morgan fingerprint density at radius 2 is 2.22 bits per heavy atom. The van der Waals surface area contributed by atoms with Crippen LogP contribution in [0.1, 0.15) is 31.2 Å². The van der Waals surface area contributed by atoms with Crippen molar-refractivity contribution in [2.24, 2.45) is 0 Å². The Labute approximate surface area is 114 Å². The van der Waals surface area contributed by atoms with E-state index in [0.717, 1.165) is 19.3 Å². The zero-order valence-corrected chi connectivity index (χ0v) is 11.9. The Morgan fingerprint density at radius 1 is 1.44 bits per heavy atom. The van der Waals surface area contributed by atoms with Gasteiger partial charge in [0.2, 0.25) is 0 Å². The maximum Gasteiger partial charge on any atom is 0.107 e. The predicted octanol–water partition coefficient (Wildman–Crippen LogP) is 3.51. The summed E-state index contributed by atoms with van der Waals surface area (Å²) in [7, 11) is 1.91. The highest BCUT2D eigenvalue weighted by Gasteiger charge is 2.35. The van der Waals surface area contributed by atoms with Gasteiger partial charge in [-0.1, -0.05) is 18.2 Å². The highest BCUT2D eigenvalue weighted by molar-refractivity contribution is 8.00. The SMILES string of the molecule is CNC1(C#N)CCCC(Sc2ccccc2C)C1. The van der Waals surface area contributed by atoms with Crippen molar-refractivity contribution in [2.75, 3.05) is 7.05 Å². The van der Waals surface area contributed by atoms with Gasteiger partial charge in [-0.05, 0) is 51.3 Å². The molecule has 0 aromatic heterocycles. The van der Waals surface area contributed by atoms with Gasteiger partial charge in [0.15, 0.2) is 0 Å². The molecule has 1 aliphatic carbocycles. The molecule has 0 saturated heterocycles. The molecule has 1 fully saturated rings. The highest BCUT2D eigenvalue weighted by atomic mass is 32.2. The minimum atomic E-state index is -0.307. The number of nitrogens with one attached hydrogen (secondary N) is 1. The van der Waals surface area contributed by atoms with E-state index in [1.54, 1.807) is 0 Å². The van der Waals surface area contributed by atoms with Crippen molar-refractivity contribution in [2.45, 2.75) is 48.3 Å². The molecule has 1 aromatic carbocycles. The van der Waals surface area contributed by atoms with E-state index in [0.29, 0.717) is 5.25 Å². The van der Waals surface area contributed by atoms with Gasteiger partial charge in [-0.25, -0.2) is 0 Å². The molecule has 0 heterocycles. The summed E-state index contributed by atoms with van der Waals surface area (Å²) in [4.78, 5) is 1.35. The average Bonchev–Trinajstić information content (AvgIpc) is 2.41. The molecule has 3 heteroatoms. The van der Waals surface area contributed by atoms with Crippen LogP contribution in [-0.4, -0.2) is 17.8 Å². The van der Waals surface area contributed by atoms with Gasteiger partial charge in [-0.2, -0.15) is 5.26 Å². The van der Waals surface area contributed by atoms with E-state index in [2.05, 4.69) is 42.6 Å². The Kier molecular flexibility index (Phi) is 4.31. The molecular weight excluding hydrogens is 240 g/mol. The molecule has 1 saturated carbocycles. The van der Waals surface area contributed by atoms with E-state index >= 15 is 0 Å². The van der Waals surface area contributed by atoms with Crippen LogP contribution in [-0.2, 0) is 0 Å². The molecule has 2 rings (SSSR count). The monoisotopic (exact) mass is 260 g/mol. The number of aryl methyl sites for hydroxylation is 1. The molecule has 96 valence electrons. The van der Waals surface area contributed by atoms with Crippen LogP contribution >= 0.6 is 11.8 Å². The van der Waals surface area contributed by atoms with Crippen LogP contribution in [0.3, 0.4) is 0 Å². The molecular formula is C15H20N2S. The van der Waals surface area contributed by atoms with Gasteiger partial charge in [0.25, 0.3) is 0 Å². The number of hydrogen-bond acceptors (Lipinski definition) is 3. The second-order valence-corrected chi connectivity index (χ2v) is 6.39. The fourth-order valence-corrected chi connectivity index (χ4v) is 4.00. The quantitative estimate of drug-likeness (QED) is 0.903. The number of rotatable bonds is 3. The van der Waals surface area contributed by atoms with E-state index < -0.39 is 0 Å². The van der Waals surface area contributed by atoms with Crippen molar-refractivity contribution in [3.63, 3.8) is 0 Å². The van der Waals surface area contributed by atoms with Crippen molar-refractivity contribution in [3.8, 4) is 6.07 Å². The first kappa shape index (κ1) is 13.5. The standard InChI is InChI=1S/C15H20N2S/c1-12-6-3-4-8-14(12)18-13-7-5-9-15(10-13,11-16)17-2/h3-4,6,8,13,17H,5,7,9-10H2,1-2H3. The summed E-state index contributed by atoms with van der Waals surface area (Å²) in [6, 6.07) is 11.0. The molecule has 18 heavy (non-hydrogen) atoms. The second-order valence-electron chi connectivity index (χ2n) is 5.05. The number of nitriles is 1. The van der Waals surface area contributed by atoms with E-state index in [1.807, 2.05) is 18.8 Å². The van der Waals surface area contributed by atoms with Crippen LogP contribution in [0.4, 0.5) is 0 Å². The zero-order valence-electron chi connectivity index (χ0n) is 11.1. The average molecular weight is 260 g/mol. The van der Waals surface area contributed by atoms with Crippen LogP contribution in [0.2, 0.25) is 0 Å². The van der Waals surface area contributed by atoms with Crippen LogP contribution < -0.4 is 5.32 Å². The summed E-state index contributed by atoms with van der Waals surface area (Å²) in [6.45, 7) is 2.15. The van der Waals surface area contributed by atoms with Gasteiger partial charge >= 0.3 is 0 Å². The van der Waals surface area contributed by atoms with Gasteiger partial charge in [-0.3, -0.25) is 0 Å². The maximum atomic E-state index is 9.36. The normalized spacial score (nSPS) is 27.7. The number of hydrogen-bond donors (Lipinski definition) is 1. The third-order valence-electron chi connectivity index (χ3n) is 3.79. The number of benzene rings is 1. The van der Waals surface area contributed by atoms with Crippen LogP contribution in [0, 0.1) is 18.3 Å². The molecule has 0 amide bonds. The third-order valence-corrected chi connectivity index (χ3v) is 5.23. The van der Waals surface area contributed by atoms with E-state index in [9.17, 15) is 5.26 Å². The van der Waals surface area contributed by atoms with Crippen molar-refractivity contribution in [3.05, 3.63) is 29.8 Å². The molecule has 2 atom stereocenters.